The van der Waals surface area contributed by atoms with Crippen molar-refractivity contribution in [1.29, 1.82) is 0 Å². The van der Waals surface area contributed by atoms with E-state index in [1.165, 1.54) is 6.33 Å². The van der Waals surface area contributed by atoms with Crippen LogP contribution >= 0.6 is 23.2 Å². The summed E-state index contributed by atoms with van der Waals surface area (Å²) < 4.78 is 2.02. The molecule has 1 unspecified atom stereocenters. The molecular formula is C11H14Cl2N4. The van der Waals surface area contributed by atoms with E-state index in [9.17, 15) is 0 Å². The highest BCUT2D eigenvalue weighted by atomic mass is 35.5. The molecule has 2 heterocycles. The summed E-state index contributed by atoms with van der Waals surface area (Å²) in [5.74, 6) is 1.25. The standard InChI is InChI=1S/C11H14Cl2N4/c1-8(3-2-4-12)5-17-7-16-9-10(13)14-6-15-11(9)17/h6-8H,2-5H2,1H3. The third-order valence-electron chi connectivity index (χ3n) is 2.70. The van der Waals surface area contributed by atoms with Crippen molar-refractivity contribution in [3.63, 3.8) is 0 Å². The van der Waals surface area contributed by atoms with Gasteiger partial charge in [-0.1, -0.05) is 18.5 Å². The second kappa shape index (κ2) is 5.65. The van der Waals surface area contributed by atoms with E-state index in [2.05, 4.69) is 21.9 Å². The van der Waals surface area contributed by atoms with Gasteiger partial charge in [0, 0.05) is 12.4 Å². The molecule has 2 aromatic rings. The Morgan fingerprint density at radius 3 is 2.94 bits per heavy atom. The van der Waals surface area contributed by atoms with Crippen molar-refractivity contribution >= 4 is 34.4 Å². The van der Waals surface area contributed by atoms with Gasteiger partial charge in [-0.05, 0) is 18.8 Å². The van der Waals surface area contributed by atoms with Crippen molar-refractivity contribution in [1.82, 2.24) is 19.5 Å². The monoisotopic (exact) mass is 272 g/mol. The van der Waals surface area contributed by atoms with Crippen molar-refractivity contribution in [2.45, 2.75) is 26.3 Å². The van der Waals surface area contributed by atoms with Crippen molar-refractivity contribution < 1.29 is 0 Å². The highest BCUT2D eigenvalue weighted by Crippen LogP contribution is 2.19. The summed E-state index contributed by atoms with van der Waals surface area (Å²) in [6.07, 6.45) is 5.36. The van der Waals surface area contributed by atoms with Crippen molar-refractivity contribution in [3.8, 4) is 0 Å². The molecular weight excluding hydrogens is 259 g/mol. The molecule has 0 fully saturated rings. The topological polar surface area (TPSA) is 43.6 Å². The molecule has 0 N–H and O–H groups in total. The first-order valence-electron chi connectivity index (χ1n) is 5.59. The number of imidazole rings is 1. The fraction of sp³-hybridized carbons (Fsp3) is 0.545. The summed E-state index contributed by atoms with van der Waals surface area (Å²) >= 11 is 11.6. The van der Waals surface area contributed by atoms with Crippen LogP contribution in [0.3, 0.4) is 0 Å². The molecule has 0 aliphatic carbocycles. The molecule has 92 valence electrons. The lowest BCUT2D eigenvalue weighted by Gasteiger charge is -2.11. The van der Waals surface area contributed by atoms with Gasteiger partial charge in [0.1, 0.15) is 11.8 Å². The van der Waals surface area contributed by atoms with Gasteiger partial charge in [0.2, 0.25) is 0 Å². The van der Waals surface area contributed by atoms with E-state index in [-0.39, 0.29) is 0 Å². The number of halogens is 2. The lowest BCUT2D eigenvalue weighted by atomic mass is 10.1. The molecule has 4 nitrogen and oxygen atoms in total. The van der Waals surface area contributed by atoms with Crippen LogP contribution in [-0.4, -0.2) is 25.4 Å². The lowest BCUT2D eigenvalue weighted by molar-refractivity contribution is 0.451. The molecule has 0 aliphatic heterocycles. The molecule has 17 heavy (non-hydrogen) atoms. The van der Waals surface area contributed by atoms with Gasteiger partial charge in [-0.25, -0.2) is 15.0 Å². The molecule has 6 heteroatoms. The number of rotatable bonds is 5. The average Bonchev–Trinajstić information content (AvgIpc) is 2.71. The summed E-state index contributed by atoms with van der Waals surface area (Å²) in [5, 5.41) is 0.405. The number of fused-ring (bicyclic) bond motifs is 1. The van der Waals surface area contributed by atoms with Crippen molar-refractivity contribution in [3.05, 3.63) is 17.8 Å². The van der Waals surface area contributed by atoms with Crippen LogP contribution in [0.1, 0.15) is 19.8 Å². The van der Waals surface area contributed by atoms with E-state index in [1.54, 1.807) is 6.33 Å². The fourth-order valence-corrected chi connectivity index (χ4v) is 2.17. The van der Waals surface area contributed by atoms with E-state index in [0.717, 1.165) is 25.0 Å². The quantitative estimate of drug-likeness (QED) is 0.621. The molecule has 0 amide bonds. The SMILES string of the molecule is CC(CCCCl)Cn1cnc2c(Cl)ncnc21. The van der Waals surface area contributed by atoms with Crippen molar-refractivity contribution in [2.75, 3.05) is 5.88 Å². The number of hydrogen-bond donors (Lipinski definition) is 0. The summed E-state index contributed by atoms with van der Waals surface area (Å²) in [6, 6.07) is 0. The highest BCUT2D eigenvalue weighted by molar-refractivity contribution is 6.33. The predicted octanol–water partition coefficient (Wildman–Crippen LogP) is 3.13. The second-order valence-corrected chi connectivity index (χ2v) is 4.91. The number of alkyl halides is 1. The Labute approximate surface area is 110 Å². The Balaban J connectivity index is 2.16. The molecule has 2 rings (SSSR count). The lowest BCUT2D eigenvalue weighted by Crippen LogP contribution is -2.07. The van der Waals surface area contributed by atoms with E-state index in [4.69, 9.17) is 23.2 Å². The number of nitrogens with zero attached hydrogens (tertiary/aromatic N) is 4. The molecule has 2 aromatic heterocycles. The Hall–Kier alpha value is -0.870. The molecule has 0 bridgehead atoms. The largest absolute Gasteiger partial charge is 0.315 e. The minimum atomic E-state index is 0.405. The first-order valence-corrected chi connectivity index (χ1v) is 6.51. The van der Waals surface area contributed by atoms with Gasteiger partial charge in [-0.2, -0.15) is 0 Å². The van der Waals surface area contributed by atoms with Crippen molar-refractivity contribution in [2.24, 2.45) is 5.92 Å². The maximum Gasteiger partial charge on any atom is 0.164 e. The predicted molar refractivity (Wildman–Crippen MR) is 69.5 cm³/mol. The van der Waals surface area contributed by atoms with Crippen LogP contribution in [0.5, 0.6) is 0 Å². The Morgan fingerprint density at radius 1 is 1.35 bits per heavy atom. The third kappa shape index (κ3) is 2.87. The van der Waals surface area contributed by atoms with Crippen LogP contribution in [0.25, 0.3) is 11.2 Å². The van der Waals surface area contributed by atoms with Gasteiger partial charge < -0.3 is 4.57 Å². The van der Waals surface area contributed by atoms with Gasteiger partial charge >= 0.3 is 0 Å². The van der Waals surface area contributed by atoms with Gasteiger partial charge in [-0.3, -0.25) is 0 Å². The molecule has 0 spiro atoms. The highest BCUT2D eigenvalue weighted by Gasteiger charge is 2.10. The molecule has 0 saturated carbocycles. The summed E-state index contributed by atoms with van der Waals surface area (Å²) in [7, 11) is 0. The zero-order valence-corrected chi connectivity index (χ0v) is 11.1. The summed E-state index contributed by atoms with van der Waals surface area (Å²) in [4.78, 5) is 12.4. The van der Waals surface area contributed by atoms with Gasteiger partial charge in [-0.15, -0.1) is 11.6 Å². The smallest absolute Gasteiger partial charge is 0.164 e. The normalized spacial score (nSPS) is 13.1. The van der Waals surface area contributed by atoms with Crippen LogP contribution in [0.4, 0.5) is 0 Å². The zero-order valence-electron chi connectivity index (χ0n) is 9.61. The maximum atomic E-state index is 5.95. The zero-order chi connectivity index (χ0) is 12.3. The van der Waals surface area contributed by atoms with E-state index >= 15 is 0 Å². The third-order valence-corrected chi connectivity index (χ3v) is 3.24. The Bertz CT molecular complexity index is 497. The first-order chi connectivity index (χ1) is 8.22. The molecule has 1 atom stereocenters. The Kier molecular flexibility index (Phi) is 4.18. The molecule has 0 radical (unpaired) electrons. The van der Waals surface area contributed by atoms with Gasteiger partial charge in [0.05, 0.1) is 6.33 Å². The van der Waals surface area contributed by atoms with Crippen LogP contribution in [0.2, 0.25) is 5.15 Å². The molecule has 0 aromatic carbocycles. The average molecular weight is 273 g/mol. The molecule has 0 aliphatic rings. The summed E-state index contributed by atoms with van der Waals surface area (Å²) in [6.45, 7) is 3.07. The van der Waals surface area contributed by atoms with Crippen LogP contribution in [0.15, 0.2) is 12.7 Å². The first kappa shape index (κ1) is 12.6. The number of hydrogen-bond acceptors (Lipinski definition) is 3. The minimum Gasteiger partial charge on any atom is -0.315 e. The van der Waals surface area contributed by atoms with Crippen LogP contribution in [0, 0.1) is 5.92 Å². The van der Waals surface area contributed by atoms with Crippen LogP contribution < -0.4 is 0 Å². The second-order valence-electron chi connectivity index (χ2n) is 4.17. The van der Waals surface area contributed by atoms with Gasteiger partial charge in [0.15, 0.2) is 10.8 Å². The van der Waals surface area contributed by atoms with E-state index in [1.807, 2.05) is 4.57 Å². The van der Waals surface area contributed by atoms with E-state index < -0.39 is 0 Å². The molecule has 0 saturated heterocycles. The number of aromatic nitrogens is 4. The minimum absolute atomic E-state index is 0.405. The summed E-state index contributed by atoms with van der Waals surface area (Å²) in [5.41, 5.74) is 1.46. The fourth-order valence-electron chi connectivity index (χ4n) is 1.84. The van der Waals surface area contributed by atoms with Crippen LogP contribution in [-0.2, 0) is 6.54 Å². The van der Waals surface area contributed by atoms with E-state index in [0.29, 0.717) is 22.5 Å². The Morgan fingerprint density at radius 2 is 2.18 bits per heavy atom. The van der Waals surface area contributed by atoms with Gasteiger partial charge in [0.25, 0.3) is 0 Å². The maximum absolute atomic E-state index is 5.95.